The molecule has 0 saturated carbocycles. The van der Waals surface area contributed by atoms with E-state index in [1.165, 1.54) is 50.1 Å². The van der Waals surface area contributed by atoms with Crippen LogP contribution in [-0.4, -0.2) is 57.8 Å². The van der Waals surface area contributed by atoms with Gasteiger partial charge in [-0.25, -0.2) is 0 Å². The van der Waals surface area contributed by atoms with E-state index in [1.807, 2.05) is 23.1 Å². The molecule has 2 fully saturated rings. The van der Waals surface area contributed by atoms with Gasteiger partial charge in [-0.05, 0) is 37.5 Å². The highest BCUT2D eigenvalue weighted by molar-refractivity contribution is 5.97. The first kappa shape index (κ1) is 16.9. The lowest BCUT2D eigenvalue weighted by molar-refractivity contribution is -0.958. The minimum atomic E-state index is 0.218. The van der Waals surface area contributed by atoms with Crippen molar-refractivity contribution >= 4 is 5.78 Å². The van der Waals surface area contributed by atoms with Crippen molar-refractivity contribution in [1.29, 1.82) is 0 Å². The number of ketones is 1. The minimum Gasteiger partial charge on any atom is -0.486 e. The minimum absolute atomic E-state index is 0.218. The number of carbonyl (C=O) groups is 1. The Morgan fingerprint density at radius 2 is 1.68 bits per heavy atom. The smallest absolute Gasteiger partial charge is 0.216 e. The Balaban J connectivity index is 1.30. The van der Waals surface area contributed by atoms with Gasteiger partial charge in [0, 0.05) is 18.4 Å². The molecule has 25 heavy (non-hydrogen) atoms. The Labute approximate surface area is 149 Å². The Bertz CT molecular complexity index is 605. The van der Waals surface area contributed by atoms with E-state index in [9.17, 15) is 4.79 Å². The van der Waals surface area contributed by atoms with Gasteiger partial charge >= 0.3 is 0 Å². The van der Waals surface area contributed by atoms with Crippen molar-refractivity contribution in [1.82, 2.24) is 0 Å². The van der Waals surface area contributed by atoms with Gasteiger partial charge in [0.1, 0.15) is 19.8 Å². The normalized spacial score (nSPS) is 27.0. The van der Waals surface area contributed by atoms with E-state index in [1.54, 1.807) is 0 Å². The number of likely N-dealkylation sites (tertiary alicyclic amines) is 2. The molecule has 0 unspecified atom stereocenters. The lowest BCUT2D eigenvalue weighted by Gasteiger charge is -2.35. The molecule has 3 aliphatic heterocycles. The number of nitrogens with one attached hydrogen (secondary N) is 2. The average Bonchev–Trinajstić information content (AvgIpc) is 2.69. The standard InChI is InChI=1S/C20H28N2O3/c23-18(16-4-5-19-20(14-16)25-13-12-24-19)15-21-10-6-17(7-11-21)22-8-2-1-3-9-22/h4-5,14,17H,1-3,6-13,15H2/p+2. The molecule has 0 atom stereocenters. The fourth-order valence-electron chi connectivity index (χ4n) is 4.57. The van der Waals surface area contributed by atoms with E-state index < -0.39 is 0 Å². The van der Waals surface area contributed by atoms with Gasteiger partial charge in [-0.3, -0.25) is 4.79 Å². The summed E-state index contributed by atoms with van der Waals surface area (Å²) in [6.45, 7) is 6.71. The topological polar surface area (TPSA) is 44.4 Å². The number of carbonyl (C=O) groups excluding carboxylic acids is 1. The molecule has 3 aliphatic rings. The van der Waals surface area contributed by atoms with Crippen molar-refractivity contribution < 1.29 is 24.1 Å². The molecule has 5 nitrogen and oxygen atoms in total. The van der Waals surface area contributed by atoms with Crippen LogP contribution in [0.25, 0.3) is 0 Å². The van der Waals surface area contributed by atoms with E-state index in [0.717, 1.165) is 30.4 Å². The highest BCUT2D eigenvalue weighted by Crippen LogP contribution is 2.30. The Kier molecular flexibility index (Phi) is 5.22. The van der Waals surface area contributed by atoms with Crippen LogP contribution in [0.3, 0.4) is 0 Å². The van der Waals surface area contributed by atoms with Crippen molar-refractivity contribution in [2.45, 2.75) is 38.1 Å². The molecular formula is C20H30N2O3+2. The summed E-state index contributed by atoms with van der Waals surface area (Å²) in [5, 5.41) is 0. The summed E-state index contributed by atoms with van der Waals surface area (Å²) in [6, 6.07) is 6.41. The first-order valence-corrected chi connectivity index (χ1v) is 9.90. The molecule has 1 aromatic rings. The number of piperidine rings is 2. The summed E-state index contributed by atoms with van der Waals surface area (Å²) in [5.41, 5.74) is 0.750. The Hall–Kier alpha value is -1.59. The number of hydrogen-bond donors (Lipinski definition) is 2. The molecule has 2 N–H and O–H groups in total. The predicted molar refractivity (Wildman–Crippen MR) is 94.9 cm³/mol. The van der Waals surface area contributed by atoms with Gasteiger partial charge in [-0.1, -0.05) is 0 Å². The summed E-state index contributed by atoms with van der Waals surface area (Å²) in [5.74, 6) is 1.68. The molecule has 0 bridgehead atoms. The number of quaternary nitrogens is 2. The van der Waals surface area contributed by atoms with Crippen molar-refractivity contribution in [3.63, 3.8) is 0 Å². The van der Waals surface area contributed by atoms with Crippen LogP contribution in [0.2, 0.25) is 0 Å². The largest absolute Gasteiger partial charge is 0.486 e. The molecule has 0 aromatic heterocycles. The van der Waals surface area contributed by atoms with Gasteiger partial charge in [0.25, 0.3) is 0 Å². The second kappa shape index (κ2) is 7.75. The first-order chi connectivity index (χ1) is 12.3. The van der Waals surface area contributed by atoms with Crippen LogP contribution >= 0.6 is 0 Å². The zero-order valence-electron chi connectivity index (χ0n) is 15.0. The fraction of sp³-hybridized carbons (Fsp3) is 0.650. The highest BCUT2D eigenvalue weighted by Gasteiger charge is 2.31. The van der Waals surface area contributed by atoms with Crippen LogP contribution in [0.1, 0.15) is 42.5 Å². The van der Waals surface area contributed by atoms with E-state index in [2.05, 4.69) is 0 Å². The van der Waals surface area contributed by atoms with Gasteiger partial charge in [-0.2, -0.15) is 0 Å². The molecule has 0 spiro atoms. The maximum absolute atomic E-state index is 12.7. The number of ether oxygens (including phenoxy) is 2. The van der Waals surface area contributed by atoms with Crippen molar-refractivity contribution in [3.8, 4) is 11.5 Å². The van der Waals surface area contributed by atoms with E-state index >= 15 is 0 Å². The maximum atomic E-state index is 12.7. The third kappa shape index (κ3) is 3.98. The van der Waals surface area contributed by atoms with Crippen molar-refractivity contribution in [2.24, 2.45) is 0 Å². The lowest BCUT2D eigenvalue weighted by atomic mass is 9.99. The van der Waals surface area contributed by atoms with Crippen molar-refractivity contribution in [2.75, 3.05) is 45.9 Å². The molecule has 0 aliphatic carbocycles. The molecular weight excluding hydrogens is 316 g/mol. The number of hydrogen-bond acceptors (Lipinski definition) is 3. The molecule has 1 aromatic carbocycles. The summed E-state index contributed by atoms with van der Waals surface area (Å²) >= 11 is 0. The summed E-state index contributed by atoms with van der Waals surface area (Å²) in [4.78, 5) is 15.9. The summed E-state index contributed by atoms with van der Waals surface area (Å²) in [7, 11) is 0. The van der Waals surface area contributed by atoms with Gasteiger partial charge in [0.2, 0.25) is 5.78 Å². The molecule has 0 amide bonds. The molecule has 4 rings (SSSR count). The predicted octanol–water partition coefficient (Wildman–Crippen LogP) is -0.243. The monoisotopic (exact) mass is 346 g/mol. The van der Waals surface area contributed by atoms with Crippen LogP contribution in [-0.2, 0) is 0 Å². The van der Waals surface area contributed by atoms with E-state index in [-0.39, 0.29) is 5.78 Å². The Morgan fingerprint density at radius 1 is 0.960 bits per heavy atom. The molecule has 136 valence electrons. The van der Waals surface area contributed by atoms with Gasteiger partial charge in [0.15, 0.2) is 11.5 Å². The second-order valence-electron chi connectivity index (χ2n) is 7.70. The lowest BCUT2D eigenvalue weighted by Crippen LogP contribution is -3.21. The second-order valence-corrected chi connectivity index (χ2v) is 7.70. The van der Waals surface area contributed by atoms with E-state index in [4.69, 9.17) is 9.47 Å². The number of fused-ring (bicyclic) bond motifs is 1. The van der Waals surface area contributed by atoms with Gasteiger partial charge in [0.05, 0.1) is 32.2 Å². The SMILES string of the molecule is O=C(C[NH+]1CCC([NH+]2CCCCC2)CC1)c1ccc2c(c1)OCCO2. The average molecular weight is 346 g/mol. The molecule has 2 saturated heterocycles. The maximum Gasteiger partial charge on any atom is 0.216 e. The van der Waals surface area contributed by atoms with E-state index in [0.29, 0.717) is 25.5 Å². The zero-order chi connectivity index (χ0) is 17.1. The van der Waals surface area contributed by atoms with Crippen LogP contribution in [0.15, 0.2) is 18.2 Å². The summed E-state index contributed by atoms with van der Waals surface area (Å²) in [6.07, 6.45) is 6.73. The third-order valence-electron chi connectivity index (χ3n) is 6.04. The number of Topliss-reactive ketones (excluding diaryl/α,β-unsaturated/α-hetero) is 1. The first-order valence-electron chi connectivity index (χ1n) is 9.90. The fourth-order valence-corrected chi connectivity index (χ4v) is 4.57. The van der Waals surface area contributed by atoms with Gasteiger partial charge in [-0.15, -0.1) is 0 Å². The zero-order valence-corrected chi connectivity index (χ0v) is 15.0. The number of benzene rings is 1. The highest BCUT2D eigenvalue weighted by atomic mass is 16.6. The van der Waals surface area contributed by atoms with Crippen LogP contribution in [0.5, 0.6) is 11.5 Å². The summed E-state index contributed by atoms with van der Waals surface area (Å²) < 4.78 is 11.1. The quantitative estimate of drug-likeness (QED) is 0.740. The molecule has 3 heterocycles. The third-order valence-corrected chi connectivity index (χ3v) is 6.04. The van der Waals surface area contributed by atoms with Crippen LogP contribution in [0.4, 0.5) is 0 Å². The molecule has 0 radical (unpaired) electrons. The van der Waals surface area contributed by atoms with Crippen molar-refractivity contribution in [3.05, 3.63) is 23.8 Å². The van der Waals surface area contributed by atoms with Crippen LogP contribution < -0.4 is 19.3 Å². The Morgan fingerprint density at radius 3 is 2.44 bits per heavy atom. The van der Waals surface area contributed by atoms with Crippen LogP contribution in [0, 0.1) is 0 Å². The number of rotatable bonds is 4. The molecule has 5 heteroatoms. The van der Waals surface area contributed by atoms with Gasteiger partial charge < -0.3 is 19.3 Å².